The van der Waals surface area contributed by atoms with Crippen LogP contribution in [0.4, 0.5) is 4.39 Å². The van der Waals surface area contributed by atoms with Crippen LogP contribution in [-0.2, 0) is 6.54 Å². The zero-order chi connectivity index (χ0) is 13.0. The van der Waals surface area contributed by atoms with Crippen LogP contribution in [-0.4, -0.2) is 4.98 Å². The van der Waals surface area contributed by atoms with Gasteiger partial charge in [-0.25, -0.2) is 4.39 Å². The van der Waals surface area contributed by atoms with Crippen LogP contribution in [0.3, 0.4) is 0 Å². The van der Waals surface area contributed by atoms with E-state index in [1.807, 2.05) is 24.3 Å². The highest BCUT2D eigenvalue weighted by Gasteiger charge is 2.05. The van der Waals surface area contributed by atoms with Gasteiger partial charge in [0, 0.05) is 25.0 Å². The molecule has 1 aromatic heterocycles. The maximum absolute atomic E-state index is 13.4. The number of aryl methyl sites for hydroxylation is 1. The van der Waals surface area contributed by atoms with E-state index in [1.54, 1.807) is 25.4 Å². The van der Waals surface area contributed by atoms with E-state index in [-0.39, 0.29) is 11.9 Å². The molecule has 0 spiro atoms. The standard InChI is InChI=1S/C15H17FN2/c1-11-3-4-13(9-15(11)16)10-18-12(2)14-5-7-17-8-6-14/h3-9,12,18H,10H2,1-2H3/t12-/m0/s1. The van der Waals surface area contributed by atoms with Crippen LogP contribution in [0, 0.1) is 12.7 Å². The minimum atomic E-state index is -0.147. The molecule has 1 N–H and O–H groups in total. The quantitative estimate of drug-likeness (QED) is 0.891. The lowest BCUT2D eigenvalue weighted by Gasteiger charge is -2.14. The Morgan fingerprint density at radius 3 is 2.61 bits per heavy atom. The molecule has 0 aliphatic rings. The van der Waals surface area contributed by atoms with Crippen molar-refractivity contribution in [2.75, 3.05) is 0 Å². The van der Waals surface area contributed by atoms with Crippen molar-refractivity contribution in [3.63, 3.8) is 0 Å². The third-order valence-corrected chi connectivity index (χ3v) is 3.05. The summed E-state index contributed by atoms with van der Waals surface area (Å²) >= 11 is 0. The van der Waals surface area contributed by atoms with E-state index in [0.717, 1.165) is 5.56 Å². The zero-order valence-electron chi connectivity index (χ0n) is 10.7. The van der Waals surface area contributed by atoms with Crippen molar-refractivity contribution in [1.82, 2.24) is 10.3 Å². The van der Waals surface area contributed by atoms with Gasteiger partial charge in [0.05, 0.1) is 0 Å². The summed E-state index contributed by atoms with van der Waals surface area (Å²) in [6.07, 6.45) is 3.55. The molecule has 2 rings (SSSR count). The largest absolute Gasteiger partial charge is 0.306 e. The number of rotatable bonds is 4. The number of aromatic nitrogens is 1. The first-order valence-electron chi connectivity index (χ1n) is 6.05. The molecule has 2 aromatic rings. The summed E-state index contributed by atoms with van der Waals surface area (Å²) < 4.78 is 13.4. The van der Waals surface area contributed by atoms with Crippen molar-refractivity contribution in [3.8, 4) is 0 Å². The summed E-state index contributed by atoms with van der Waals surface area (Å²) in [6, 6.07) is 9.52. The van der Waals surface area contributed by atoms with E-state index in [9.17, 15) is 4.39 Å². The van der Waals surface area contributed by atoms with Gasteiger partial charge in [0.1, 0.15) is 5.82 Å². The first-order valence-corrected chi connectivity index (χ1v) is 6.05. The molecule has 94 valence electrons. The average molecular weight is 244 g/mol. The van der Waals surface area contributed by atoms with Crippen LogP contribution in [0.15, 0.2) is 42.7 Å². The molecule has 1 atom stereocenters. The second kappa shape index (κ2) is 5.74. The molecule has 0 unspecified atom stereocenters. The molecular weight excluding hydrogens is 227 g/mol. The molecule has 0 amide bonds. The molecular formula is C15H17FN2. The van der Waals surface area contributed by atoms with Crippen molar-refractivity contribution >= 4 is 0 Å². The van der Waals surface area contributed by atoms with Gasteiger partial charge in [0.25, 0.3) is 0 Å². The SMILES string of the molecule is Cc1ccc(CN[C@@H](C)c2ccncc2)cc1F. The molecule has 0 aliphatic carbocycles. The second-order valence-electron chi connectivity index (χ2n) is 4.47. The van der Waals surface area contributed by atoms with Crippen LogP contribution >= 0.6 is 0 Å². The zero-order valence-corrected chi connectivity index (χ0v) is 10.7. The fourth-order valence-corrected chi connectivity index (χ4v) is 1.79. The van der Waals surface area contributed by atoms with Crippen LogP contribution in [0.2, 0.25) is 0 Å². The third kappa shape index (κ3) is 3.14. The molecule has 0 saturated carbocycles. The van der Waals surface area contributed by atoms with Crippen molar-refractivity contribution in [3.05, 3.63) is 65.2 Å². The van der Waals surface area contributed by atoms with Gasteiger partial charge >= 0.3 is 0 Å². The van der Waals surface area contributed by atoms with Gasteiger partial charge in [-0.3, -0.25) is 4.98 Å². The number of hydrogen-bond acceptors (Lipinski definition) is 2. The molecule has 3 heteroatoms. The van der Waals surface area contributed by atoms with Crippen LogP contribution in [0.5, 0.6) is 0 Å². The number of pyridine rings is 1. The molecule has 18 heavy (non-hydrogen) atoms. The van der Waals surface area contributed by atoms with Gasteiger partial charge < -0.3 is 5.32 Å². The minimum Gasteiger partial charge on any atom is -0.306 e. The summed E-state index contributed by atoms with van der Waals surface area (Å²) in [7, 11) is 0. The first kappa shape index (κ1) is 12.7. The van der Waals surface area contributed by atoms with E-state index in [2.05, 4.69) is 17.2 Å². The summed E-state index contributed by atoms with van der Waals surface area (Å²) in [5, 5.41) is 3.37. The maximum Gasteiger partial charge on any atom is 0.126 e. The Balaban J connectivity index is 1.97. The van der Waals surface area contributed by atoms with E-state index >= 15 is 0 Å². The lowest BCUT2D eigenvalue weighted by atomic mass is 10.1. The summed E-state index contributed by atoms with van der Waals surface area (Å²) in [4.78, 5) is 3.99. The topological polar surface area (TPSA) is 24.9 Å². The third-order valence-electron chi connectivity index (χ3n) is 3.05. The second-order valence-corrected chi connectivity index (χ2v) is 4.47. The molecule has 1 heterocycles. The molecule has 0 saturated heterocycles. The maximum atomic E-state index is 13.4. The van der Waals surface area contributed by atoms with Crippen LogP contribution < -0.4 is 5.32 Å². The Morgan fingerprint density at radius 2 is 1.94 bits per heavy atom. The van der Waals surface area contributed by atoms with Gasteiger partial charge in [0.15, 0.2) is 0 Å². The Kier molecular flexibility index (Phi) is 4.05. The van der Waals surface area contributed by atoms with Gasteiger partial charge in [-0.2, -0.15) is 0 Å². The van der Waals surface area contributed by atoms with Crippen molar-refractivity contribution in [2.24, 2.45) is 0 Å². The predicted molar refractivity (Wildman–Crippen MR) is 70.6 cm³/mol. The Bertz CT molecular complexity index is 511. The number of hydrogen-bond donors (Lipinski definition) is 1. The van der Waals surface area contributed by atoms with Gasteiger partial charge in [-0.1, -0.05) is 12.1 Å². The summed E-state index contributed by atoms with van der Waals surface area (Å²) in [6.45, 7) is 4.51. The summed E-state index contributed by atoms with van der Waals surface area (Å²) in [5.41, 5.74) is 2.82. The summed E-state index contributed by atoms with van der Waals surface area (Å²) in [5.74, 6) is -0.147. The minimum absolute atomic E-state index is 0.147. The smallest absolute Gasteiger partial charge is 0.126 e. The highest BCUT2D eigenvalue weighted by atomic mass is 19.1. The van der Waals surface area contributed by atoms with E-state index in [4.69, 9.17) is 0 Å². The van der Waals surface area contributed by atoms with E-state index in [1.165, 1.54) is 5.56 Å². The molecule has 1 aromatic carbocycles. The lowest BCUT2D eigenvalue weighted by Crippen LogP contribution is -2.18. The fraction of sp³-hybridized carbons (Fsp3) is 0.267. The molecule has 2 nitrogen and oxygen atoms in total. The Hall–Kier alpha value is -1.74. The van der Waals surface area contributed by atoms with Gasteiger partial charge in [-0.05, 0) is 48.7 Å². The van der Waals surface area contributed by atoms with Crippen molar-refractivity contribution in [2.45, 2.75) is 26.4 Å². The molecule has 0 radical (unpaired) electrons. The Labute approximate surface area is 107 Å². The van der Waals surface area contributed by atoms with E-state index < -0.39 is 0 Å². The van der Waals surface area contributed by atoms with Crippen molar-refractivity contribution in [1.29, 1.82) is 0 Å². The van der Waals surface area contributed by atoms with Crippen molar-refractivity contribution < 1.29 is 4.39 Å². The normalized spacial score (nSPS) is 12.4. The number of halogens is 1. The van der Waals surface area contributed by atoms with Crippen LogP contribution in [0.25, 0.3) is 0 Å². The fourth-order valence-electron chi connectivity index (χ4n) is 1.79. The monoisotopic (exact) mass is 244 g/mol. The number of nitrogens with zero attached hydrogens (tertiary/aromatic N) is 1. The number of nitrogens with one attached hydrogen (secondary N) is 1. The van der Waals surface area contributed by atoms with Crippen LogP contribution in [0.1, 0.15) is 29.7 Å². The van der Waals surface area contributed by atoms with Gasteiger partial charge in [-0.15, -0.1) is 0 Å². The average Bonchev–Trinajstić information content (AvgIpc) is 2.41. The molecule has 0 fully saturated rings. The first-order chi connectivity index (χ1) is 8.66. The highest BCUT2D eigenvalue weighted by Crippen LogP contribution is 2.13. The van der Waals surface area contributed by atoms with Gasteiger partial charge in [0.2, 0.25) is 0 Å². The lowest BCUT2D eigenvalue weighted by molar-refractivity contribution is 0.567. The highest BCUT2D eigenvalue weighted by molar-refractivity contribution is 5.23. The predicted octanol–water partition coefficient (Wildman–Crippen LogP) is 3.38. The number of benzene rings is 1. The molecule has 0 aliphatic heterocycles. The Morgan fingerprint density at radius 1 is 1.22 bits per heavy atom. The van der Waals surface area contributed by atoms with E-state index in [0.29, 0.717) is 12.1 Å². The molecule has 0 bridgehead atoms.